The summed E-state index contributed by atoms with van der Waals surface area (Å²) in [7, 11) is 0. The molecule has 0 heterocycles. The van der Waals surface area contributed by atoms with Crippen LogP contribution in [0.25, 0.3) is 0 Å². The van der Waals surface area contributed by atoms with Crippen LogP contribution in [0.5, 0.6) is 0 Å². The van der Waals surface area contributed by atoms with Crippen molar-refractivity contribution in [1.29, 1.82) is 0 Å². The van der Waals surface area contributed by atoms with Crippen molar-refractivity contribution in [2.24, 2.45) is 0 Å². The molecule has 0 bridgehead atoms. The lowest BCUT2D eigenvalue weighted by Crippen LogP contribution is -2.08. The van der Waals surface area contributed by atoms with E-state index < -0.39 is 22.4 Å². The summed E-state index contributed by atoms with van der Waals surface area (Å²) >= 11 is 5.66. The molecule has 0 saturated heterocycles. The van der Waals surface area contributed by atoms with Gasteiger partial charge in [0.05, 0.1) is 4.92 Å². The molecule has 5 nitrogen and oxygen atoms in total. The molecule has 21 heavy (non-hydrogen) atoms. The fraction of sp³-hybridized carbons (Fsp3) is 0.0714. The van der Waals surface area contributed by atoms with Crippen molar-refractivity contribution in [2.75, 3.05) is 0 Å². The number of benzene rings is 2. The first-order valence-corrected chi connectivity index (χ1v) is 6.20. The molecule has 0 fully saturated rings. The van der Waals surface area contributed by atoms with E-state index in [-0.39, 0.29) is 17.2 Å². The van der Waals surface area contributed by atoms with E-state index >= 15 is 0 Å². The Bertz CT molecular complexity index is 705. The molecule has 2 aromatic rings. The average Bonchev–Trinajstić information content (AvgIpc) is 2.44. The maximum absolute atomic E-state index is 13.0. The maximum Gasteiger partial charge on any atom is 0.345 e. The van der Waals surface area contributed by atoms with Crippen LogP contribution in [0.1, 0.15) is 15.9 Å². The Balaban J connectivity index is 2.15. The highest BCUT2D eigenvalue weighted by molar-refractivity contribution is 6.31. The van der Waals surface area contributed by atoms with Gasteiger partial charge in [0.15, 0.2) is 0 Å². The lowest BCUT2D eigenvalue weighted by molar-refractivity contribution is -0.385. The average molecular weight is 310 g/mol. The molecule has 0 aromatic heterocycles. The molecule has 0 saturated carbocycles. The van der Waals surface area contributed by atoms with Gasteiger partial charge in [0.1, 0.15) is 18.0 Å². The van der Waals surface area contributed by atoms with Gasteiger partial charge in [-0.05, 0) is 29.8 Å². The smallest absolute Gasteiger partial charge is 0.345 e. The van der Waals surface area contributed by atoms with Crippen LogP contribution in [0.4, 0.5) is 10.1 Å². The highest BCUT2D eigenvalue weighted by atomic mass is 35.5. The number of ether oxygens (including phenoxy) is 1. The molecule has 0 radical (unpaired) electrons. The minimum Gasteiger partial charge on any atom is -0.457 e. The summed E-state index contributed by atoms with van der Waals surface area (Å²) in [6.45, 7) is -0.184. The van der Waals surface area contributed by atoms with Gasteiger partial charge in [-0.25, -0.2) is 9.18 Å². The van der Waals surface area contributed by atoms with E-state index in [1.807, 2.05) is 0 Å². The Labute approximate surface area is 124 Å². The van der Waals surface area contributed by atoms with Crippen molar-refractivity contribution >= 4 is 23.3 Å². The molecule has 108 valence electrons. The number of nitro groups is 1. The van der Waals surface area contributed by atoms with Gasteiger partial charge in [0.2, 0.25) is 0 Å². The van der Waals surface area contributed by atoms with Crippen LogP contribution in [0.2, 0.25) is 5.02 Å². The largest absolute Gasteiger partial charge is 0.457 e. The van der Waals surface area contributed by atoms with Gasteiger partial charge in [-0.1, -0.05) is 23.7 Å². The molecular formula is C14H9ClFNO4. The van der Waals surface area contributed by atoms with E-state index in [9.17, 15) is 19.3 Å². The number of carbonyl (C=O) groups excluding carboxylic acids is 1. The normalized spacial score (nSPS) is 10.2. The lowest BCUT2D eigenvalue weighted by atomic mass is 10.2. The van der Waals surface area contributed by atoms with Gasteiger partial charge in [-0.3, -0.25) is 10.1 Å². The Morgan fingerprint density at radius 3 is 2.71 bits per heavy atom. The second-order valence-electron chi connectivity index (χ2n) is 4.12. The van der Waals surface area contributed by atoms with Crippen molar-refractivity contribution in [3.63, 3.8) is 0 Å². The monoisotopic (exact) mass is 309 g/mol. The van der Waals surface area contributed by atoms with Gasteiger partial charge >= 0.3 is 5.97 Å². The van der Waals surface area contributed by atoms with Crippen molar-refractivity contribution in [3.05, 3.63) is 74.5 Å². The molecule has 0 N–H and O–H groups in total. The molecule has 2 rings (SSSR count). The van der Waals surface area contributed by atoms with Crippen LogP contribution in [0, 0.1) is 15.9 Å². The van der Waals surface area contributed by atoms with Crippen molar-refractivity contribution < 1.29 is 18.8 Å². The molecule has 0 amide bonds. The standard InChI is InChI=1S/C14H9ClFNO4/c15-10-4-5-12(13(7-10)17(19)20)14(18)21-8-9-2-1-3-11(16)6-9/h1-7H,8H2. The number of esters is 1. The minimum atomic E-state index is -0.873. The number of nitrogens with zero attached hydrogens (tertiary/aromatic N) is 1. The van der Waals surface area contributed by atoms with Gasteiger partial charge in [-0.2, -0.15) is 0 Å². The molecule has 2 aromatic carbocycles. The summed E-state index contributed by atoms with van der Waals surface area (Å²) in [4.78, 5) is 22.0. The molecule has 0 spiro atoms. The number of hydrogen-bond donors (Lipinski definition) is 0. The number of carbonyl (C=O) groups is 1. The third kappa shape index (κ3) is 3.76. The predicted octanol–water partition coefficient (Wildman–Crippen LogP) is 3.74. The molecule has 0 aliphatic rings. The first-order chi connectivity index (χ1) is 9.97. The van der Waals surface area contributed by atoms with Crippen LogP contribution >= 0.6 is 11.6 Å². The van der Waals surface area contributed by atoms with Gasteiger partial charge in [-0.15, -0.1) is 0 Å². The zero-order chi connectivity index (χ0) is 15.4. The Morgan fingerprint density at radius 2 is 2.05 bits per heavy atom. The van der Waals surface area contributed by atoms with Crippen molar-refractivity contribution in [1.82, 2.24) is 0 Å². The summed E-state index contributed by atoms with van der Waals surface area (Å²) in [5.74, 6) is -1.33. The van der Waals surface area contributed by atoms with E-state index in [0.717, 1.165) is 6.07 Å². The SMILES string of the molecule is O=C(OCc1cccc(F)c1)c1ccc(Cl)cc1[N+](=O)[O-]. The number of nitro benzene ring substituents is 1. The third-order valence-electron chi connectivity index (χ3n) is 2.64. The Morgan fingerprint density at radius 1 is 1.29 bits per heavy atom. The van der Waals surface area contributed by atoms with Crippen molar-refractivity contribution in [2.45, 2.75) is 6.61 Å². The zero-order valence-electron chi connectivity index (χ0n) is 10.6. The highest BCUT2D eigenvalue weighted by Gasteiger charge is 2.21. The Hall–Kier alpha value is -2.47. The topological polar surface area (TPSA) is 69.4 Å². The molecule has 0 aliphatic heterocycles. The first kappa shape index (κ1) is 14.9. The third-order valence-corrected chi connectivity index (χ3v) is 2.87. The van der Waals surface area contributed by atoms with Crippen LogP contribution in [0.15, 0.2) is 42.5 Å². The van der Waals surface area contributed by atoms with Crippen LogP contribution in [-0.2, 0) is 11.3 Å². The molecule has 7 heteroatoms. The quantitative estimate of drug-likeness (QED) is 0.490. The maximum atomic E-state index is 13.0. The summed E-state index contributed by atoms with van der Waals surface area (Å²) < 4.78 is 17.9. The number of hydrogen-bond acceptors (Lipinski definition) is 4. The van der Waals surface area contributed by atoms with Gasteiger partial charge in [0.25, 0.3) is 5.69 Å². The predicted molar refractivity (Wildman–Crippen MR) is 73.6 cm³/mol. The van der Waals surface area contributed by atoms with Crippen LogP contribution in [0.3, 0.4) is 0 Å². The van der Waals surface area contributed by atoms with Crippen molar-refractivity contribution in [3.8, 4) is 0 Å². The molecule has 0 unspecified atom stereocenters. The molecular weight excluding hydrogens is 301 g/mol. The number of rotatable bonds is 4. The zero-order valence-corrected chi connectivity index (χ0v) is 11.3. The van der Waals surface area contributed by atoms with E-state index in [1.54, 1.807) is 6.07 Å². The van der Waals surface area contributed by atoms with Crippen LogP contribution < -0.4 is 0 Å². The molecule has 0 atom stereocenters. The van der Waals surface area contributed by atoms with Gasteiger partial charge in [0, 0.05) is 11.1 Å². The summed E-state index contributed by atoms with van der Waals surface area (Å²) in [5, 5.41) is 11.0. The van der Waals surface area contributed by atoms with E-state index in [4.69, 9.17) is 16.3 Å². The number of halogens is 2. The summed E-state index contributed by atoms with van der Waals surface area (Å²) in [6, 6.07) is 9.16. The highest BCUT2D eigenvalue weighted by Crippen LogP contribution is 2.24. The second-order valence-corrected chi connectivity index (χ2v) is 4.56. The minimum absolute atomic E-state index is 0.142. The summed E-state index contributed by atoms with van der Waals surface area (Å²) in [6.07, 6.45) is 0. The molecule has 0 aliphatic carbocycles. The van der Waals surface area contributed by atoms with Crippen LogP contribution in [-0.4, -0.2) is 10.9 Å². The van der Waals surface area contributed by atoms with E-state index in [1.165, 1.54) is 30.3 Å². The second kappa shape index (κ2) is 6.32. The Kier molecular flexibility index (Phi) is 4.49. The summed E-state index contributed by atoms with van der Waals surface area (Å²) in [5.41, 5.74) is -0.201. The first-order valence-electron chi connectivity index (χ1n) is 5.83. The van der Waals surface area contributed by atoms with Gasteiger partial charge < -0.3 is 4.74 Å². The lowest BCUT2D eigenvalue weighted by Gasteiger charge is -2.06. The fourth-order valence-electron chi connectivity index (χ4n) is 1.68. The van der Waals surface area contributed by atoms with E-state index in [0.29, 0.717) is 5.56 Å². The fourth-order valence-corrected chi connectivity index (χ4v) is 1.85. The van der Waals surface area contributed by atoms with E-state index in [2.05, 4.69) is 0 Å².